The zero-order valence-corrected chi connectivity index (χ0v) is 15.8. The Morgan fingerprint density at radius 2 is 1.81 bits per heavy atom. The zero-order valence-electron chi connectivity index (χ0n) is 15.0. The van der Waals surface area contributed by atoms with Gasteiger partial charge in [-0.15, -0.1) is 0 Å². The lowest BCUT2D eigenvalue weighted by atomic mass is 10.1. The molecule has 1 aromatic carbocycles. The molecule has 1 saturated heterocycles. The molecule has 2 aromatic rings. The van der Waals surface area contributed by atoms with Crippen molar-refractivity contribution in [1.29, 1.82) is 0 Å². The lowest BCUT2D eigenvalue weighted by Gasteiger charge is -2.21. The Kier molecular flexibility index (Phi) is 5.27. The van der Waals surface area contributed by atoms with Gasteiger partial charge in [-0.2, -0.15) is 0 Å². The summed E-state index contributed by atoms with van der Waals surface area (Å²) in [7, 11) is -3.23. The molecule has 6 nitrogen and oxygen atoms in total. The van der Waals surface area contributed by atoms with E-state index < -0.39 is 9.84 Å². The lowest BCUT2D eigenvalue weighted by Crippen LogP contribution is -2.30. The van der Waals surface area contributed by atoms with Crippen LogP contribution in [0.1, 0.15) is 41.7 Å². The summed E-state index contributed by atoms with van der Waals surface area (Å²) < 4.78 is 23.1. The van der Waals surface area contributed by atoms with Gasteiger partial charge < -0.3 is 10.2 Å². The molecular formula is C19H23N3O3S. The van der Waals surface area contributed by atoms with E-state index in [4.69, 9.17) is 0 Å². The third kappa shape index (κ3) is 4.04. The first-order valence-corrected chi connectivity index (χ1v) is 10.6. The number of carbonyl (C=O) groups excluding carboxylic acids is 1. The second-order valence-corrected chi connectivity index (χ2v) is 8.62. The van der Waals surface area contributed by atoms with Gasteiger partial charge in [0.2, 0.25) is 0 Å². The van der Waals surface area contributed by atoms with Crippen molar-refractivity contribution in [3.8, 4) is 0 Å². The molecule has 2 heterocycles. The van der Waals surface area contributed by atoms with Gasteiger partial charge in [0.15, 0.2) is 9.84 Å². The fraction of sp³-hybridized carbons (Fsp3) is 0.368. The normalized spacial score (nSPS) is 15.7. The van der Waals surface area contributed by atoms with Crippen molar-refractivity contribution >= 4 is 21.6 Å². The fourth-order valence-electron chi connectivity index (χ4n) is 3.12. The van der Waals surface area contributed by atoms with Crippen LogP contribution in [0.15, 0.2) is 47.5 Å². The second kappa shape index (κ2) is 7.45. The molecule has 1 aromatic heterocycles. The van der Waals surface area contributed by atoms with Crippen LogP contribution in [-0.2, 0) is 9.84 Å². The van der Waals surface area contributed by atoms with Gasteiger partial charge in [0.25, 0.3) is 5.91 Å². The van der Waals surface area contributed by atoms with Crippen molar-refractivity contribution in [2.45, 2.75) is 30.7 Å². The Balaban J connectivity index is 1.76. The number of pyridine rings is 1. The Hall–Kier alpha value is -2.41. The maximum absolute atomic E-state index is 12.8. The minimum Gasteiger partial charge on any atom is -0.356 e. The monoisotopic (exact) mass is 373 g/mol. The van der Waals surface area contributed by atoms with Crippen LogP contribution in [-0.4, -0.2) is 38.7 Å². The van der Waals surface area contributed by atoms with Crippen LogP contribution in [0.3, 0.4) is 0 Å². The van der Waals surface area contributed by atoms with Crippen LogP contribution in [0.25, 0.3) is 0 Å². The molecule has 1 atom stereocenters. The first kappa shape index (κ1) is 18.4. The van der Waals surface area contributed by atoms with Gasteiger partial charge in [0.05, 0.1) is 16.5 Å². The molecule has 0 unspecified atom stereocenters. The molecule has 0 aliphatic carbocycles. The molecule has 1 aliphatic heterocycles. The van der Waals surface area contributed by atoms with Crippen molar-refractivity contribution in [1.82, 2.24) is 10.3 Å². The Bertz CT molecular complexity index is 889. The van der Waals surface area contributed by atoms with Gasteiger partial charge in [0, 0.05) is 25.5 Å². The highest BCUT2D eigenvalue weighted by Crippen LogP contribution is 2.23. The van der Waals surface area contributed by atoms with Crippen molar-refractivity contribution < 1.29 is 13.2 Å². The quantitative estimate of drug-likeness (QED) is 0.871. The van der Waals surface area contributed by atoms with E-state index in [-0.39, 0.29) is 16.8 Å². The number of sulfone groups is 1. The fourth-order valence-corrected chi connectivity index (χ4v) is 3.75. The summed E-state index contributed by atoms with van der Waals surface area (Å²) in [6.07, 6.45) is 5.11. The summed E-state index contributed by atoms with van der Waals surface area (Å²) in [5.74, 6) is 0.543. The molecule has 0 spiro atoms. The maximum atomic E-state index is 12.8. The number of anilines is 1. The maximum Gasteiger partial charge on any atom is 0.255 e. The number of nitrogens with zero attached hydrogens (tertiary/aromatic N) is 2. The van der Waals surface area contributed by atoms with Gasteiger partial charge >= 0.3 is 0 Å². The topological polar surface area (TPSA) is 79.4 Å². The minimum atomic E-state index is -3.23. The average Bonchev–Trinajstić information content (AvgIpc) is 3.15. The van der Waals surface area contributed by atoms with E-state index in [1.807, 2.05) is 6.92 Å². The Morgan fingerprint density at radius 3 is 2.42 bits per heavy atom. The number of amides is 1. The average molecular weight is 373 g/mol. The molecule has 138 valence electrons. The van der Waals surface area contributed by atoms with Gasteiger partial charge in [-0.1, -0.05) is 12.1 Å². The standard InChI is InChI=1S/C19H23N3O3S/c1-14(15-7-9-16(10-8-15)26(2,24)25)21-19(23)17-6-5-11-20-18(17)22-12-3-4-13-22/h5-11,14H,3-4,12-13H2,1-2H3,(H,21,23)/t14-/m1/s1. The predicted octanol–water partition coefficient (Wildman–Crippen LogP) is 2.58. The molecule has 1 aliphatic rings. The van der Waals surface area contributed by atoms with Crippen LogP contribution in [0.4, 0.5) is 5.82 Å². The third-order valence-corrected chi connectivity index (χ3v) is 5.72. The lowest BCUT2D eigenvalue weighted by molar-refractivity contribution is 0.0940. The van der Waals surface area contributed by atoms with E-state index >= 15 is 0 Å². The smallest absolute Gasteiger partial charge is 0.255 e. The summed E-state index contributed by atoms with van der Waals surface area (Å²) in [5.41, 5.74) is 1.41. The third-order valence-electron chi connectivity index (χ3n) is 4.59. The zero-order chi connectivity index (χ0) is 18.7. The number of hydrogen-bond acceptors (Lipinski definition) is 5. The number of rotatable bonds is 5. The van der Waals surface area contributed by atoms with Crippen LogP contribution in [0.5, 0.6) is 0 Å². The number of carbonyl (C=O) groups is 1. The molecular weight excluding hydrogens is 350 g/mol. The van der Waals surface area contributed by atoms with Crippen LogP contribution in [0, 0.1) is 0 Å². The number of hydrogen-bond donors (Lipinski definition) is 1. The second-order valence-electron chi connectivity index (χ2n) is 6.61. The highest BCUT2D eigenvalue weighted by atomic mass is 32.2. The van der Waals surface area contributed by atoms with Crippen molar-refractivity contribution in [2.75, 3.05) is 24.2 Å². The molecule has 1 amide bonds. The molecule has 1 N–H and O–H groups in total. The van der Waals surface area contributed by atoms with Crippen LogP contribution >= 0.6 is 0 Å². The summed E-state index contributed by atoms with van der Waals surface area (Å²) in [4.78, 5) is 19.6. The number of aromatic nitrogens is 1. The first-order chi connectivity index (χ1) is 12.4. The molecule has 0 bridgehead atoms. The van der Waals surface area contributed by atoms with E-state index in [0.717, 1.165) is 37.3 Å². The predicted molar refractivity (Wildman–Crippen MR) is 101 cm³/mol. The van der Waals surface area contributed by atoms with Crippen molar-refractivity contribution in [3.63, 3.8) is 0 Å². The largest absolute Gasteiger partial charge is 0.356 e. The van der Waals surface area contributed by atoms with Crippen LogP contribution in [0.2, 0.25) is 0 Å². The van der Waals surface area contributed by atoms with E-state index in [0.29, 0.717) is 5.56 Å². The summed E-state index contributed by atoms with van der Waals surface area (Å²) in [6, 6.07) is 9.89. The SMILES string of the molecule is C[C@@H](NC(=O)c1cccnc1N1CCCC1)c1ccc(S(C)(=O)=O)cc1. The van der Waals surface area contributed by atoms with Gasteiger partial charge in [-0.25, -0.2) is 13.4 Å². The highest BCUT2D eigenvalue weighted by Gasteiger charge is 2.21. The van der Waals surface area contributed by atoms with E-state index in [1.54, 1.807) is 42.6 Å². The van der Waals surface area contributed by atoms with Crippen molar-refractivity contribution in [3.05, 3.63) is 53.7 Å². The minimum absolute atomic E-state index is 0.181. The van der Waals surface area contributed by atoms with E-state index in [9.17, 15) is 13.2 Å². The summed E-state index contributed by atoms with van der Waals surface area (Å²) in [5, 5.41) is 2.98. The molecule has 26 heavy (non-hydrogen) atoms. The van der Waals surface area contributed by atoms with Gasteiger partial charge in [-0.05, 0) is 49.6 Å². The van der Waals surface area contributed by atoms with Crippen molar-refractivity contribution in [2.24, 2.45) is 0 Å². The number of benzene rings is 1. The Morgan fingerprint density at radius 1 is 1.15 bits per heavy atom. The Labute approximate surface area is 154 Å². The van der Waals surface area contributed by atoms with Gasteiger partial charge in [0.1, 0.15) is 5.82 Å². The summed E-state index contributed by atoms with van der Waals surface area (Å²) >= 11 is 0. The molecule has 3 rings (SSSR count). The molecule has 0 radical (unpaired) electrons. The summed E-state index contributed by atoms with van der Waals surface area (Å²) in [6.45, 7) is 3.71. The molecule has 7 heteroatoms. The molecule has 1 fully saturated rings. The highest BCUT2D eigenvalue weighted by molar-refractivity contribution is 7.90. The first-order valence-electron chi connectivity index (χ1n) is 8.67. The van der Waals surface area contributed by atoms with Crippen LogP contribution < -0.4 is 10.2 Å². The number of nitrogens with one attached hydrogen (secondary N) is 1. The molecule has 0 saturated carbocycles. The van der Waals surface area contributed by atoms with E-state index in [2.05, 4.69) is 15.2 Å². The van der Waals surface area contributed by atoms with Gasteiger partial charge in [-0.3, -0.25) is 4.79 Å². The van der Waals surface area contributed by atoms with E-state index in [1.165, 1.54) is 6.26 Å².